The Morgan fingerprint density at radius 2 is 2.00 bits per heavy atom. The molecule has 6 heteroatoms. The van der Waals surface area contributed by atoms with Crippen LogP contribution in [-0.2, 0) is 16.1 Å². The lowest BCUT2D eigenvalue weighted by Gasteiger charge is -2.38. The number of benzene rings is 2. The van der Waals surface area contributed by atoms with E-state index in [1.54, 1.807) is 20.2 Å². The zero-order valence-electron chi connectivity index (χ0n) is 15.3. The van der Waals surface area contributed by atoms with E-state index in [2.05, 4.69) is 5.32 Å². The molecule has 0 bridgehead atoms. The third kappa shape index (κ3) is 2.98. The maximum atomic E-state index is 12.8. The number of ether oxygens (including phenoxy) is 2. The van der Waals surface area contributed by atoms with Crippen molar-refractivity contribution in [3.8, 4) is 11.5 Å². The Kier molecular flexibility index (Phi) is 4.59. The molecule has 26 heavy (non-hydrogen) atoms. The van der Waals surface area contributed by atoms with E-state index in [0.29, 0.717) is 17.2 Å². The maximum Gasteiger partial charge on any atom is 0.280 e. The quantitative estimate of drug-likeness (QED) is 0.857. The van der Waals surface area contributed by atoms with Crippen LogP contribution in [0.4, 0.5) is 5.69 Å². The van der Waals surface area contributed by atoms with Gasteiger partial charge in [-0.25, -0.2) is 0 Å². The molecular weight excluding hydrogens is 332 g/mol. The third-order valence-corrected chi connectivity index (χ3v) is 4.57. The first-order valence-corrected chi connectivity index (χ1v) is 8.35. The van der Waals surface area contributed by atoms with Crippen molar-refractivity contribution < 1.29 is 19.1 Å². The Hall–Kier alpha value is -3.02. The first-order chi connectivity index (χ1) is 12.4. The summed E-state index contributed by atoms with van der Waals surface area (Å²) in [5.41, 5.74) is 0.861. The van der Waals surface area contributed by atoms with Crippen molar-refractivity contribution >= 4 is 17.5 Å². The molecule has 1 aliphatic rings. The van der Waals surface area contributed by atoms with E-state index in [1.165, 1.54) is 11.8 Å². The van der Waals surface area contributed by atoms with Crippen LogP contribution < -0.4 is 19.7 Å². The van der Waals surface area contributed by atoms with E-state index < -0.39 is 17.4 Å². The molecule has 0 aromatic heterocycles. The second-order valence-corrected chi connectivity index (χ2v) is 6.47. The molecule has 0 aliphatic carbocycles. The van der Waals surface area contributed by atoms with Crippen molar-refractivity contribution in [3.05, 3.63) is 53.6 Å². The van der Waals surface area contributed by atoms with E-state index in [-0.39, 0.29) is 6.54 Å². The lowest BCUT2D eigenvalue weighted by atomic mass is 9.99. The summed E-state index contributed by atoms with van der Waals surface area (Å²) >= 11 is 0. The van der Waals surface area contributed by atoms with E-state index in [0.717, 1.165) is 11.1 Å². The second-order valence-electron chi connectivity index (χ2n) is 6.47. The third-order valence-electron chi connectivity index (χ3n) is 4.57. The molecule has 0 saturated carbocycles. The molecule has 6 nitrogen and oxygen atoms in total. The summed E-state index contributed by atoms with van der Waals surface area (Å²) in [5.74, 6) is 0.277. The zero-order valence-corrected chi connectivity index (χ0v) is 15.3. The number of anilines is 1. The van der Waals surface area contributed by atoms with Crippen LogP contribution in [0.3, 0.4) is 0 Å². The number of carbonyl (C=O) groups is 2. The fourth-order valence-electron chi connectivity index (χ4n) is 3.01. The SMILES string of the molecule is COc1ccccc1CNC(=O)C1(C)Oc2ccc(C)cc2N(C)C1=O. The second kappa shape index (κ2) is 6.71. The average Bonchev–Trinajstić information content (AvgIpc) is 2.65. The molecular formula is C20H22N2O4. The summed E-state index contributed by atoms with van der Waals surface area (Å²) in [6, 6.07) is 12.9. The summed E-state index contributed by atoms with van der Waals surface area (Å²) in [5, 5.41) is 2.79. The van der Waals surface area contributed by atoms with Crippen LogP contribution in [0.25, 0.3) is 0 Å². The molecule has 0 spiro atoms. The minimum atomic E-state index is -1.63. The van der Waals surface area contributed by atoms with Gasteiger partial charge in [-0.15, -0.1) is 0 Å². The van der Waals surface area contributed by atoms with Gasteiger partial charge in [0, 0.05) is 19.2 Å². The Bertz CT molecular complexity index is 865. The Morgan fingerprint density at radius 1 is 1.27 bits per heavy atom. The highest BCUT2D eigenvalue weighted by Gasteiger charge is 2.49. The van der Waals surface area contributed by atoms with Gasteiger partial charge in [0.2, 0.25) is 0 Å². The highest BCUT2D eigenvalue weighted by Crippen LogP contribution is 2.37. The lowest BCUT2D eigenvalue weighted by molar-refractivity contribution is -0.148. The smallest absolute Gasteiger partial charge is 0.280 e. The van der Waals surface area contributed by atoms with Gasteiger partial charge in [-0.3, -0.25) is 9.59 Å². The summed E-state index contributed by atoms with van der Waals surface area (Å²) in [7, 11) is 3.22. The molecule has 136 valence electrons. The number of carbonyl (C=O) groups excluding carboxylic acids is 2. The molecule has 0 saturated heterocycles. The van der Waals surface area contributed by atoms with Gasteiger partial charge in [0.05, 0.1) is 12.8 Å². The number of rotatable bonds is 4. The minimum Gasteiger partial charge on any atom is -0.496 e. The van der Waals surface area contributed by atoms with Gasteiger partial charge in [0.25, 0.3) is 17.4 Å². The summed E-state index contributed by atoms with van der Waals surface area (Å²) in [6.45, 7) is 3.66. The lowest BCUT2D eigenvalue weighted by Crippen LogP contribution is -2.61. The Labute approximate surface area is 152 Å². The number of amides is 2. The number of hydrogen-bond donors (Lipinski definition) is 1. The van der Waals surface area contributed by atoms with Crippen molar-refractivity contribution in [2.24, 2.45) is 0 Å². The standard InChI is InChI=1S/C20H22N2O4/c1-13-9-10-17-15(11-13)22(3)19(24)20(2,26-17)18(23)21-12-14-7-5-6-8-16(14)25-4/h5-11H,12H2,1-4H3,(H,21,23). The number of aryl methyl sites for hydroxylation is 1. The number of hydrogen-bond acceptors (Lipinski definition) is 4. The molecule has 1 aliphatic heterocycles. The largest absolute Gasteiger partial charge is 0.496 e. The zero-order chi connectivity index (χ0) is 18.9. The van der Waals surface area contributed by atoms with Crippen LogP contribution in [0.5, 0.6) is 11.5 Å². The molecule has 2 amide bonds. The molecule has 3 rings (SSSR count). The van der Waals surface area contributed by atoms with Gasteiger partial charge in [0.15, 0.2) is 0 Å². The van der Waals surface area contributed by atoms with Gasteiger partial charge in [0.1, 0.15) is 11.5 Å². The van der Waals surface area contributed by atoms with Gasteiger partial charge >= 0.3 is 0 Å². The van der Waals surface area contributed by atoms with E-state index in [1.807, 2.05) is 43.3 Å². The molecule has 0 fully saturated rings. The fourth-order valence-corrected chi connectivity index (χ4v) is 3.01. The number of methoxy groups -OCH3 is 1. The van der Waals surface area contributed by atoms with E-state index in [9.17, 15) is 9.59 Å². The number of likely N-dealkylation sites (N-methyl/N-ethyl adjacent to an activating group) is 1. The topological polar surface area (TPSA) is 67.9 Å². The minimum absolute atomic E-state index is 0.236. The summed E-state index contributed by atoms with van der Waals surface area (Å²) in [4.78, 5) is 27.1. The van der Waals surface area contributed by atoms with Crippen molar-refractivity contribution in [3.63, 3.8) is 0 Å². The van der Waals surface area contributed by atoms with Crippen LogP contribution in [0.1, 0.15) is 18.1 Å². The average molecular weight is 354 g/mol. The Balaban J connectivity index is 1.82. The number of fused-ring (bicyclic) bond motifs is 1. The van der Waals surface area contributed by atoms with Crippen LogP contribution >= 0.6 is 0 Å². The molecule has 1 N–H and O–H groups in total. The van der Waals surface area contributed by atoms with Crippen molar-refractivity contribution in [1.29, 1.82) is 0 Å². The predicted molar refractivity (Wildman–Crippen MR) is 98.5 cm³/mol. The normalized spacial score (nSPS) is 18.8. The van der Waals surface area contributed by atoms with Gasteiger partial charge in [-0.05, 0) is 37.6 Å². The van der Waals surface area contributed by atoms with Crippen molar-refractivity contribution in [1.82, 2.24) is 5.32 Å². The summed E-state index contributed by atoms with van der Waals surface area (Å²) in [6.07, 6.45) is 0. The van der Waals surface area contributed by atoms with Gasteiger partial charge in [-0.1, -0.05) is 24.3 Å². The fraction of sp³-hybridized carbons (Fsp3) is 0.300. The number of nitrogens with one attached hydrogen (secondary N) is 1. The van der Waals surface area contributed by atoms with Crippen LogP contribution in [-0.4, -0.2) is 31.6 Å². The highest BCUT2D eigenvalue weighted by molar-refractivity contribution is 6.16. The Morgan fingerprint density at radius 3 is 2.73 bits per heavy atom. The van der Waals surface area contributed by atoms with Gasteiger partial charge in [-0.2, -0.15) is 0 Å². The molecule has 1 heterocycles. The molecule has 1 atom stereocenters. The van der Waals surface area contributed by atoms with Crippen LogP contribution in [0.2, 0.25) is 0 Å². The molecule has 2 aromatic carbocycles. The maximum absolute atomic E-state index is 12.8. The molecule has 1 unspecified atom stereocenters. The summed E-state index contributed by atoms with van der Waals surface area (Å²) < 4.78 is 11.1. The van der Waals surface area contributed by atoms with Crippen molar-refractivity contribution in [2.45, 2.75) is 26.0 Å². The number of nitrogens with zero attached hydrogens (tertiary/aromatic N) is 1. The van der Waals surface area contributed by atoms with Crippen LogP contribution in [0.15, 0.2) is 42.5 Å². The number of para-hydroxylation sites is 1. The monoisotopic (exact) mass is 354 g/mol. The molecule has 2 aromatic rings. The van der Waals surface area contributed by atoms with Gasteiger partial charge < -0.3 is 19.7 Å². The molecule has 0 radical (unpaired) electrons. The van der Waals surface area contributed by atoms with Crippen molar-refractivity contribution in [2.75, 3.05) is 19.1 Å². The van der Waals surface area contributed by atoms with E-state index >= 15 is 0 Å². The first kappa shape index (κ1) is 17.8. The predicted octanol–water partition coefficient (Wildman–Crippen LogP) is 2.43. The first-order valence-electron chi connectivity index (χ1n) is 8.35. The van der Waals surface area contributed by atoms with E-state index in [4.69, 9.17) is 9.47 Å². The van der Waals surface area contributed by atoms with Crippen LogP contribution in [0, 0.1) is 6.92 Å². The highest BCUT2D eigenvalue weighted by atomic mass is 16.5.